The zero-order valence-electron chi connectivity index (χ0n) is 12.5. The third kappa shape index (κ3) is 149. The normalized spacial score (nSPS) is 6.27. The van der Waals surface area contributed by atoms with Gasteiger partial charge in [0.15, 0.2) is 0 Å². The molecule has 2 heteroatoms. The summed E-state index contributed by atoms with van der Waals surface area (Å²) in [6.07, 6.45) is 4.66. The molecule has 0 bridgehead atoms. The molecule has 0 spiro atoms. The fourth-order valence-electron chi connectivity index (χ4n) is 0.679. The minimum absolute atomic E-state index is 0. The molecule has 0 aromatic carbocycles. The van der Waals surface area contributed by atoms with Gasteiger partial charge in [-0.15, -0.1) is 0 Å². The van der Waals surface area contributed by atoms with Gasteiger partial charge in [0.2, 0.25) is 0 Å². The molecule has 0 aliphatic heterocycles. The van der Waals surface area contributed by atoms with E-state index in [1.807, 2.05) is 6.92 Å². The lowest BCUT2D eigenvalue weighted by molar-refractivity contribution is 0.135. The number of ether oxygens (including phenoxy) is 2. The number of hydrogen-bond donors (Lipinski definition) is 0. The van der Waals surface area contributed by atoms with E-state index in [0.29, 0.717) is 0 Å². The summed E-state index contributed by atoms with van der Waals surface area (Å²) in [5.41, 5.74) is 0. The van der Waals surface area contributed by atoms with Gasteiger partial charge in [-0.3, -0.25) is 0 Å². The number of hydrogen-bond acceptors (Lipinski definition) is 2. The van der Waals surface area contributed by atoms with Gasteiger partial charge < -0.3 is 9.47 Å². The van der Waals surface area contributed by atoms with E-state index in [1.54, 1.807) is 0 Å². The van der Waals surface area contributed by atoms with Crippen molar-refractivity contribution in [1.29, 1.82) is 0 Å². The Bertz CT molecular complexity index is 68.1. The predicted molar refractivity (Wildman–Crippen MR) is 115 cm³/mol. The molecule has 0 saturated heterocycles. The molecule has 0 amide bonds. The van der Waals surface area contributed by atoms with E-state index in [4.69, 9.17) is 9.47 Å². The van der Waals surface area contributed by atoms with E-state index in [1.165, 1.54) is 6.42 Å². The van der Waals surface area contributed by atoms with Crippen LogP contribution in [0.2, 0.25) is 0 Å². The molecule has 2 nitrogen and oxygen atoms in total. The average Bonchev–Trinajstić information content (AvgIpc) is 2.29. The predicted octanol–water partition coefficient (Wildman–Crippen LogP) is 8.49. The van der Waals surface area contributed by atoms with Crippen LogP contribution in [-0.2, 0) is 9.47 Å². The Morgan fingerprint density at radius 3 is 0.818 bits per heavy atom. The third-order valence-electron chi connectivity index (χ3n) is 1.25. The molecule has 0 atom stereocenters. The summed E-state index contributed by atoms with van der Waals surface area (Å²) in [5, 5.41) is 0. The SMILES string of the molecule is C.C.C.C.C.C.CCC.CCCOCC.CCCOCCC. The van der Waals surface area contributed by atoms with Gasteiger partial charge >= 0.3 is 0 Å². The van der Waals surface area contributed by atoms with E-state index < -0.39 is 0 Å². The summed E-state index contributed by atoms with van der Waals surface area (Å²) in [4.78, 5) is 0. The minimum Gasteiger partial charge on any atom is -0.382 e. The van der Waals surface area contributed by atoms with Gasteiger partial charge in [-0.05, 0) is 26.2 Å². The van der Waals surface area contributed by atoms with Crippen molar-refractivity contribution in [2.45, 2.75) is 112 Å². The van der Waals surface area contributed by atoms with Crippen LogP contribution in [0, 0.1) is 0 Å². The van der Waals surface area contributed by atoms with Crippen LogP contribution in [-0.4, -0.2) is 26.4 Å². The van der Waals surface area contributed by atoms with Gasteiger partial charge in [-0.2, -0.15) is 0 Å². The van der Waals surface area contributed by atoms with Crippen LogP contribution in [0.4, 0.5) is 0 Å². The summed E-state index contributed by atoms with van der Waals surface area (Å²) in [6, 6.07) is 0. The average molecular weight is 331 g/mol. The Balaban J connectivity index is -0.0000000152. The highest BCUT2D eigenvalue weighted by molar-refractivity contribution is 4.25. The highest BCUT2D eigenvalue weighted by Crippen LogP contribution is 1.81. The molecule has 0 heterocycles. The summed E-state index contributed by atoms with van der Waals surface area (Å²) < 4.78 is 10.1. The highest BCUT2D eigenvalue weighted by Gasteiger charge is 1.78. The van der Waals surface area contributed by atoms with Crippen molar-refractivity contribution in [3.05, 3.63) is 0 Å². The second kappa shape index (κ2) is 84.4. The lowest BCUT2D eigenvalue weighted by atomic mass is 10.5. The molecule has 0 unspecified atom stereocenters. The van der Waals surface area contributed by atoms with Crippen LogP contribution in [0.1, 0.15) is 112 Å². The van der Waals surface area contributed by atoms with Crippen LogP contribution in [0.25, 0.3) is 0 Å². The first-order chi connectivity index (χ1) is 7.74. The first-order valence-corrected chi connectivity index (χ1v) is 6.90. The van der Waals surface area contributed by atoms with E-state index >= 15 is 0 Å². The molecule has 0 aliphatic rings. The summed E-state index contributed by atoms with van der Waals surface area (Å²) in [7, 11) is 0. The first kappa shape index (κ1) is 57.5. The maximum Gasteiger partial charge on any atom is 0.0463 e. The Labute approximate surface area is 148 Å². The molecule has 0 N–H and O–H groups in total. The van der Waals surface area contributed by atoms with Gasteiger partial charge in [0.25, 0.3) is 0 Å². The Kier molecular flexibility index (Phi) is 220. The van der Waals surface area contributed by atoms with Crippen LogP contribution in [0.5, 0.6) is 0 Å². The first-order valence-electron chi connectivity index (χ1n) is 6.90. The zero-order chi connectivity index (χ0) is 13.1. The monoisotopic (exact) mass is 330 g/mol. The zero-order valence-corrected chi connectivity index (χ0v) is 12.5. The fraction of sp³-hybridized carbons (Fsp3) is 1.00. The second-order valence-electron chi connectivity index (χ2n) is 3.52. The minimum atomic E-state index is 0. The summed E-state index contributed by atoms with van der Waals surface area (Å²) in [6.45, 7) is 16.2. The maximum atomic E-state index is 5.13. The smallest absolute Gasteiger partial charge is 0.0463 e. The molecule has 0 rings (SSSR count). The Hall–Kier alpha value is -0.0800. The van der Waals surface area contributed by atoms with Crippen molar-refractivity contribution in [1.82, 2.24) is 0 Å². The summed E-state index contributed by atoms with van der Waals surface area (Å²) >= 11 is 0. The van der Waals surface area contributed by atoms with Gasteiger partial charge in [0.05, 0.1) is 0 Å². The fourth-order valence-corrected chi connectivity index (χ4v) is 0.679. The van der Waals surface area contributed by atoms with Crippen molar-refractivity contribution in [3.63, 3.8) is 0 Å². The molecule has 0 fully saturated rings. The van der Waals surface area contributed by atoms with Crippen LogP contribution in [0.3, 0.4) is 0 Å². The van der Waals surface area contributed by atoms with Crippen molar-refractivity contribution in [3.8, 4) is 0 Å². The topological polar surface area (TPSA) is 18.5 Å². The van der Waals surface area contributed by atoms with E-state index in [9.17, 15) is 0 Å². The molecule has 0 radical (unpaired) electrons. The van der Waals surface area contributed by atoms with Crippen LogP contribution >= 0.6 is 0 Å². The molecule has 22 heavy (non-hydrogen) atoms. The third-order valence-corrected chi connectivity index (χ3v) is 1.25. The second-order valence-corrected chi connectivity index (χ2v) is 3.52. The molecular formula is C20H58O2. The molecule has 0 aromatic rings. The molecule has 150 valence electrons. The molecule has 0 saturated carbocycles. The van der Waals surface area contributed by atoms with Crippen LogP contribution < -0.4 is 0 Å². The molecule has 0 aromatic heterocycles. The Morgan fingerprint density at radius 2 is 0.682 bits per heavy atom. The molecular weight excluding hydrogens is 272 g/mol. The van der Waals surface area contributed by atoms with Crippen molar-refractivity contribution < 1.29 is 9.47 Å². The molecule has 0 aliphatic carbocycles. The van der Waals surface area contributed by atoms with Crippen molar-refractivity contribution in [2.24, 2.45) is 0 Å². The van der Waals surface area contributed by atoms with Gasteiger partial charge in [-0.25, -0.2) is 0 Å². The van der Waals surface area contributed by atoms with E-state index in [-0.39, 0.29) is 44.6 Å². The van der Waals surface area contributed by atoms with Crippen LogP contribution in [0.15, 0.2) is 0 Å². The lowest BCUT2D eigenvalue weighted by Gasteiger charge is -1.95. The van der Waals surface area contributed by atoms with E-state index in [2.05, 4.69) is 34.6 Å². The quantitative estimate of drug-likeness (QED) is 0.435. The van der Waals surface area contributed by atoms with Crippen molar-refractivity contribution >= 4 is 0 Å². The highest BCUT2D eigenvalue weighted by atomic mass is 16.5. The van der Waals surface area contributed by atoms with E-state index in [0.717, 1.165) is 45.7 Å². The largest absolute Gasteiger partial charge is 0.382 e. The Morgan fingerprint density at radius 1 is 0.455 bits per heavy atom. The van der Waals surface area contributed by atoms with Gasteiger partial charge in [0, 0.05) is 26.4 Å². The maximum absolute atomic E-state index is 5.13. The summed E-state index contributed by atoms with van der Waals surface area (Å²) in [5.74, 6) is 0. The number of rotatable bonds is 7. The lowest BCUT2D eigenvalue weighted by Crippen LogP contribution is -1.92. The van der Waals surface area contributed by atoms with Gasteiger partial charge in [0.1, 0.15) is 0 Å². The van der Waals surface area contributed by atoms with Gasteiger partial charge in [-0.1, -0.05) is 85.6 Å². The van der Waals surface area contributed by atoms with Crippen molar-refractivity contribution in [2.75, 3.05) is 26.4 Å². The standard InChI is InChI=1S/C6H14O.C5H12O.C3H8.6CH4/c1-3-5-7-6-4-2;1-3-5-6-4-2;1-3-2;;;;;;/h3-6H2,1-2H3;3-5H2,1-2H3;3H2,1-2H3;6*1H4.